The first-order valence-electron chi connectivity index (χ1n) is 9.88. The molecule has 5 aromatic rings. The molecule has 0 fully saturated rings. The van der Waals surface area contributed by atoms with Gasteiger partial charge in [0, 0.05) is 30.6 Å². The van der Waals surface area contributed by atoms with E-state index in [-0.39, 0.29) is 0 Å². The third-order valence-corrected chi connectivity index (χ3v) is 10.7. The van der Waals surface area contributed by atoms with Gasteiger partial charge in [0.15, 0.2) is 20.3 Å². The van der Waals surface area contributed by atoms with Crippen LogP contribution in [-0.4, -0.2) is 28.4 Å². The summed E-state index contributed by atoms with van der Waals surface area (Å²) in [4.78, 5) is 7.14. The lowest BCUT2D eigenvalue weighted by atomic mass is 10.0. The van der Waals surface area contributed by atoms with Crippen molar-refractivity contribution in [3.63, 3.8) is 0 Å². The SMILES string of the molecule is COc1ccc(-c2sc(-c3ccc(OC)s3)c(-c3ccc(OC)s3)c2-c2ccc(OC)s2)s1. The number of hydrogen-bond donors (Lipinski definition) is 0. The lowest BCUT2D eigenvalue weighted by Crippen LogP contribution is -1.79. The Morgan fingerprint density at radius 2 is 0.697 bits per heavy atom. The summed E-state index contributed by atoms with van der Waals surface area (Å²) in [5.41, 5.74) is 2.43. The molecular formula is C24H20O4S5. The average molecular weight is 533 g/mol. The van der Waals surface area contributed by atoms with Gasteiger partial charge in [-0.1, -0.05) is 45.3 Å². The smallest absolute Gasteiger partial charge is 0.173 e. The van der Waals surface area contributed by atoms with Crippen molar-refractivity contribution in [2.45, 2.75) is 0 Å². The molecule has 4 nitrogen and oxygen atoms in total. The quantitative estimate of drug-likeness (QED) is 0.200. The fourth-order valence-electron chi connectivity index (χ4n) is 3.48. The molecule has 33 heavy (non-hydrogen) atoms. The van der Waals surface area contributed by atoms with Crippen LogP contribution in [0.2, 0.25) is 0 Å². The van der Waals surface area contributed by atoms with E-state index in [9.17, 15) is 0 Å². The summed E-state index contributed by atoms with van der Waals surface area (Å²) in [5.74, 6) is 0. The van der Waals surface area contributed by atoms with E-state index in [2.05, 4.69) is 24.3 Å². The number of rotatable bonds is 8. The normalized spacial score (nSPS) is 11.0. The Bertz CT molecular complexity index is 1280. The van der Waals surface area contributed by atoms with Gasteiger partial charge in [0.25, 0.3) is 0 Å². The predicted molar refractivity (Wildman–Crippen MR) is 144 cm³/mol. The van der Waals surface area contributed by atoms with Gasteiger partial charge in [0.05, 0.1) is 38.2 Å². The molecule has 170 valence electrons. The lowest BCUT2D eigenvalue weighted by Gasteiger charge is -2.05. The van der Waals surface area contributed by atoms with E-state index in [1.807, 2.05) is 24.3 Å². The maximum atomic E-state index is 5.53. The Labute approximate surface area is 212 Å². The molecule has 0 unspecified atom stereocenters. The zero-order valence-corrected chi connectivity index (χ0v) is 22.4. The van der Waals surface area contributed by atoms with E-state index < -0.39 is 0 Å². The lowest BCUT2D eigenvalue weighted by molar-refractivity contribution is 0.427. The first-order valence-corrected chi connectivity index (χ1v) is 14.0. The second-order valence-corrected chi connectivity index (χ2v) is 12.0. The van der Waals surface area contributed by atoms with Crippen molar-refractivity contribution in [2.24, 2.45) is 0 Å². The van der Waals surface area contributed by atoms with Crippen molar-refractivity contribution >= 4 is 56.7 Å². The Balaban J connectivity index is 1.82. The Kier molecular flexibility index (Phi) is 6.49. The van der Waals surface area contributed by atoms with Crippen LogP contribution in [0.1, 0.15) is 0 Å². The number of methoxy groups -OCH3 is 4. The minimum Gasteiger partial charge on any atom is -0.487 e. The van der Waals surface area contributed by atoms with Crippen LogP contribution in [0.15, 0.2) is 48.5 Å². The van der Waals surface area contributed by atoms with Gasteiger partial charge >= 0.3 is 0 Å². The molecule has 0 spiro atoms. The molecule has 0 radical (unpaired) electrons. The highest BCUT2D eigenvalue weighted by Gasteiger charge is 2.27. The van der Waals surface area contributed by atoms with Crippen LogP contribution in [0.3, 0.4) is 0 Å². The van der Waals surface area contributed by atoms with E-state index in [0.29, 0.717) is 0 Å². The molecular weight excluding hydrogens is 513 g/mol. The predicted octanol–water partition coefficient (Wildman–Crippen LogP) is 8.70. The molecule has 0 aliphatic carbocycles. The van der Waals surface area contributed by atoms with E-state index in [0.717, 1.165) is 20.3 Å². The number of thiophene rings is 5. The summed E-state index contributed by atoms with van der Waals surface area (Å²) in [6, 6.07) is 16.7. The van der Waals surface area contributed by atoms with Gasteiger partial charge in [0.2, 0.25) is 0 Å². The first-order chi connectivity index (χ1) is 16.1. The highest BCUT2D eigenvalue weighted by Crippen LogP contribution is 2.57. The summed E-state index contributed by atoms with van der Waals surface area (Å²) in [6.07, 6.45) is 0. The van der Waals surface area contributed by atoms with Crippen molar-refractivity contribution in [1.29, 1.82) is 0 Å². The van der Waals surface area contributed by atoms with Crippen molar-refractivity contribution in [3.8, 4) is 60.6 Å². The van der Waals surface area contributed by atoms with Crippen molar-refractivity contribution in [2.75, 3.05) is 28.4 Å². The molecule has 5 rings (SSSR count). The Hall–Kier alpha value is -2.30. The van der Waals surface area contributed by atoms with E-state index in [1.54, 1.807) is 85.1 Å². The topological polar surface area (TPSA) is 36.9 Å². The fourth-order valence-corrected chi connectivity index (χ4v) is 8.57. The van der Waals surface area contributed by atoms with Crippen LogP contribution in [0.25, 0.3) is 40.4 Å². The minimum atomic E-state index is 0.889. The molecule has 0 aliphatic rings. The summed E-state index contributed by atoms with van der Waals surface area (Å²) in [7, 11) is 6.84. The minimum absolute atomic E-state index is 0.889. The van der Waals surface area contributed by atoms with E-state index >= 15 is 0 Å². The van der Waals surface area contributed by atoms with Crippen molar-refractivity contribution in [3.05, 3.63) is 48.5 Å². The van der Waals surface area contributed by atoms with Gasteiger partial charge in [-0.2, -0.15) is 0 Å². The molecule has 0 N–H and O–H groups in total. The second-order valence-electron chi connectivity index (χ2n) is 6.80. The largest absolute Gasteiger partial charge is 0.487 e. The second kappa shape index (κ2) is 9.52. The van der Waals surface area contributed by atoms with Crippen LogP contribution in [0.5, 0.6) is 20.3 Å². The maximum Gasteiger partial charge on any atom is 0.173 e. The standard InChI is InChI=1S/C24H20O4S5/c1-25-17-9-5-13(29-17)21-22(14-6-10-18(26-2)30-14)24(16-8-12-20(28-4)32-16)33-23(21)15-7-11-19(27-3)31-15/h5-12H,1-4H3. The number of hydrogen-bond acceptors (Lipinski definition) is 9. The zero-order valence-electron chi connectivity index (χ0n) is 18.3. The third kappa shape index (κ3) is 4.20. The van der Waals surface area contributed by atoms with Gasteiger partial charge in [-0.15, -0.1) is 11.3 Å². The first kappa shape index (κ1) is 22.5. The molecule has 0 aliphatic heterocycles. The Morgan fingerprint density at radius 3 is 1.00 bits per heavy atom. The monoisotopic (exact) mass is 532 g/mol. The highest BCUT2D eigenvalue weighted by molar-refractivity contribution is 7.29. The fraction of sp³-hybridized carbons (Fsp3) is 0.167. The third-order valence-electron chi connectivity index (χ3n) is 4.98. The van der Waals surface area contributed by atoms with Gasteiger partial charge < -0.3 is 18.9 Å². The van der Waals surface area contributed by atoms with E-state index in [4.69, 9.17) is 18.9 Å². The van der Waals surface area contributed by atoms with Crippen molar-refractivity contribution < 1.29 is 18.9 Å². The van der Waals surface area contributed by atoms with Gasteiger partial charge in [0.1, 0.15) is 0 Å². The Morgan fingerprint density at radius 1 is 0.394 bits per heavy atom. The molecule has 0 atom stereocenters. The molecule has 0 saturated heterocycles. The summed E-state index contributed by atoms with van der Waals surface area (Å²) < 4.78 is 22.1. The molecule has 0 amide bonds. The molecule has 5 aromatic heterocycles. The van der Waals surface area contributed by atoms with E-state index in [1.165, 1.54) is 40.4 Å². The molecule has 0 bridgehead atoms. The van der Waals surface area contributed by atoms with Gasteiger partial charge in [-0.05, 0) is 48.5 Å². The van der Waals surface area contributed by atoms with Crippen LogP contribution in [0.4, 0.5) is 0 Å². The zero-order chi connectivity index (χ0) is 22.9. The maximum absolute atomic E-state index is 5.53. The van der Waals surface area contributed by atoms with Crippen molar-refractivity contribution in [1.82, 2.24) is 0 Å². The van der Waals surface area contributed by atoms with Gasteiger partial charge in [-0.3, -0.25) is 0 Å². The summed E-state index contributed by atoms with van der Waals surface area (Å²) >= 11 is 8.44. The molecule has 9 heteroatoms. The van der Waals surface area contributed by atoms with Crippen LogP contribution in [-0.2, 0) is 0 Å². The highest BCUT2D eigenvalue weighted by atomic mass is 32.1. The number of ether oxygens (including phenoxy) is 4. The van der Waals surface area contributed by atoms with Gasteiger partial charge in [-0.25, -0.2) is 0 Å². The average Bonchev–Trinajstić information content (AvgIpc) is 3.66. The molecule has 0 saturated carbocycles. The van der Waals surface area contributed by atoms with Crippen LogP contribution >= 0.6 is 56.7 Å². The van der Waals surface area contributed by atoms with Crippen LogP contribution in [0, 0.1) is 0 Å². The van der Waals surface area contributed by atoms with Crippen LogP contribution < -0.4 is 18.9 Å². The summed E-state index contributed by atoms with van der Waals surface area (Å²) in [6.45, 7) is 0. The molecule has 0 aromatic carbocycles. The molecule has 5 heterocycles. The summed E-state index contributed by atoms with van der Waals surface area (Å²) in [5, 5.41) is 3.57.